The third kappa shape index (κ3) is 6.53. The van der Waals surface area contributed by atoms with Gasteiger partial charge in [-0.25, -0.2) is 14.8 Å². The van der Waals surface area contributed by atoms with Crippen LogP contribution in [0.25, 0.3) is 0 Å². The van der Waals surface area contributed by atoms with Crippen molar-refractivity contribution in [1.82, 2.24) is 19.8 Å². The van der Waals surface area contributed by atoms with Gasteiger partial charge in [-0.1, -0.05) is 12.0 Å². The van der Waals surface area contributed by atoms with E-state index in [1.807, 2.05) is 11.9 Å². The Morgan fingerprint density at radius 1 is 1.37 bits per heavy atom. The van der Waals surface area contributed by atoms with Crippen LogP contribution in [-0.4, -0.2) is 92.0 Å². The van der Waals surface area contributed by atoms with Crippen LogP contribution in [0.4, 0.5) is 22.1 Å². The normalized spacial score (nSPS) is 13.8. The molecule has 0 radical (unpaired) electrons. The van der Waals surface area contributed by atoms with Gasteiger partial charge in [0.25, 0.3) is 0 Å². The molecule has 2 aromatic rings. The molecule has 3 heterocycles. The van der Waals surface area contributed by atoms with E-state index in [-0.39, 0.29) is 24.0 Å². The molecule has 3 rings (SSSR count). The molecule has 2 N–H and O–H groups in total. The second-order valence-corrected chi connectivity index (χ2v) is 8.05. The fourth-order valence-corrected chi connectivity index (χ4v) is 3.48. The fraction of sp³-hybridized carbons (Fsp3) is 0.375. The van der Waals surface area contributed by atoms with E-state index in [0.717, 1.165) is 6.54 Å². The van der Waals surface area contributed by atoms with Crippen LogP contribution in [0, 0.1) is 12.3 Å². The van der Waals surface area contributed by atoms with Crippen molar-refractivity contribution in [3.05, 3.63) is 41.2 Å². The van der Waals surface area contributed by atoms with Crippen LogP contribution < -0.4 is 15.5 Å². The standard InChI is InChI=1S/C24H29N7O4/c1-5-17-13-26-21(12-19(17)25-8-11-35-4)28-24(34)30(3)22-7-6-18(20(16-32)27-22)14-31-10-9-29(2)15-23(31)33/h1,6-7,12-13,16H,8-11,14-15H2,2-4H3,(H2,25,26,28,34). The van der Waals surface area contributed by atoms with Crippen LogP contribution >= 0.6 is 0 Å². The molecule has 0 saturated carbocycles. The highest BCUT2D eigenvalue weighted by Crippen LogP contribution is 2.20. The van der Waals surface area contributed by atoms with E-state index in [1.165, 1.54) is 18.1 Å². The fourth-order valence-electron chi connectivity index (χ4n) is 3.48. The van der Waals surface area contributed by atoms with E-state index in [2.05, 4.69) is 26.5 Å². The van der Waals surface area contributed by atoms with E-state index >= 15 is 0 Å². The number of carbonyl (C=O) groups is 3. The van der Waals surface area contributed by atoms with Crippen molar-refractivity contribution in [2.45, 2.75) is 6.54 Å². The first-order valence-corrected chi connectivity index (χ1v) is 11.0. The molecule has 0 atom stereocenters. The van der Waals surface area contributed by atoms with E-state index in [1.54, 1.807) is 30.2 Å². The van der Waals surface area contributed by atoms with Crippen molar-refractivity contribution in [1.29, 1.82) is 0 Å². The SMILES string of the molecule is C#Cc1cnc(NC(=O)N(C)c2ccc(CN3CCN(C)CC3=O)c(C=O)n2)cc1NCCOC. The molecule has 0 bridgehead atoms. The summed E-state index contributed by atoms with van der Waals surface area (Å²) in [7, 11) is 5.02. The number of amides is 3. The molecule has 184 valence electrons. The van der Waals surface area contributed by atoms with Crippen LogP contribution in [-0.2, 0) is 16.1 Å². The lowest BCUT2D eigenvalue weighted by Crippen LogP contribution is -2.48. The molecular formula is C24H29N7O4. The second-order valence-electron chi connectivity index (χ2n) is 8.05. The predicted octanol–water partition coefficient (Wildman–Crippen LogP) is 1.27. The first-order chi connectivity index (χ1) is 16.9. The second kappa shape index (κ2) is 11.9. The van der Waals surface area contributed by atoms with Crippen LogP contribution in [0.5, 0.6) is 0 Å². The maximum absolute atomic E-state index is 12.8. The molecule has 11 heteroatoms. The number of aromatic nitrogens is 2. The largest absolute Gasteiger partial charge is 0.383 e. The summed E-state index contributed by atoms with van der Waals surface area (Å²) in [5, 5.41) is 5.85. The van der Waals surface area contributed by atoms with Crippen molar-refractivity contribution in [2.24, 2.45) is 0 Å². The Bertz CT molecular complexity index is 1130. The van der Waals surface area contributed by atoms with Gasteiger partial charge in [0.15, 0.2) is 6.29 Å². The number of carbonyl (C=O) groups excluding carboxylic acids is 3. The zero-order valence-electron chi connectivity index (χ0n) is 20.1. The van der Waals surface area contributed by atoms with Crippen molar-refractivity contribution in [3.8, 4) is 12.3 Å². The van der Waals surface area contributed by atoms with Crippen LogP contribution in [0.3, 0.4) is 0 Å². The van der Waals surface area contributed by atoms with Gasteiger partial charge >= 0.3 is 6.03 Å². The number of pyridine rings is 2. The van der Waals surface area contributed by atoms with Crippen LogP contribution in [0.2, 0.25) is 0 Å². The van der Waals surface area contributed by atoms with Crippen molar-refractivity contribution >= 4 is 35.5 Å². The number of urea groups is 1. The maximum atomic E-state index is 12.8. The molecule has 1 fully saturated rings. The lowest BCUT2D eigenvalue weighted by Gasteiger charge is -2.32. The van der Waals surface area contributed by atoms with Gasteiger partial charge in [0.2, 0.25) is 5.91 Å². The highest BCUT2D eigenvalue weighted by molar-refractivity contribution is 6.00. The molecule has 35 heavy (non-hydrogen) atoms. The molecule has 0 spiro atoms. The lowest BCUT2D eigenvalue weighted by molar-refractivity contribution is -0.136. The average molecular weight is 480 g/mol. The van der Waals surface area contributed by atoms with Gasteiger partial charge in [-0.2, -0.15) is 0 Å². The van der Waals surface area contributed by atoms with Gasteiger partial charge in [0.1, 0.15) is 17.3 Å². The van der Waals surface area contributed by atoms with Gasteiger partial charge in [0.05, 0.1) is 24.4 Å². The monoisotopic (exact) mass is 479 g/mol. The van der Waals surface area contributed by atoms with E-state index in [4.69, 9.17) is 11.2 Å². The highest BCUT2D eigenvalue weighted by Gasteiger charge is 2.23. The number of aldehydes is 1. The summed E-state index contributed by atoms with van der Waals surface area (Å²) >= 11 is 0. The molecule has 1 aliphatic rings. The first-order valence-electron chi connectivity index (χ1n) is 11.0. The topological polar surface area (TPSA) is 120 Å². The van der Waals surface area contributed by atoms with Gasteiger partial charge in [-0.3, -0.25) is 24.7 Å². The molecule has 1 saturated heterocycles. The van der Waals surface area contributed by atoms with Gasteiger partial charge < -0.3 is 15.0 Å². The molecule has 2 aromatic heterocycles. The molecule has 11 nitrogen and oxygen atoms in total. The Morgan fingerprint density at radius 2 is 2.17 bits per heavy atom. The predicted molar refractivity (Wildman–Crippen MR) is 132 cm³/mol. The molecule has 1 aliphatic heterocycles. The number of methoxy groups -OCH3 is 1. The number of rotatable bonds is 9. The number of hydrogen-bond acceptors (Lipinski definition) is 8. The number of hydrogen-bond donors (Lipinski definition) is 2. The molecule has 0 unspecified atom stereocenters. The summed E-state index contributed by atoms with van der Waals surface area (Å²) in [5.41, 5.74) is 1.99. The number of terminal acetylenes is 1. The third-order valence-electron chi connectivity index (χ3n) is 5.54. The summed E-state index contributed by atoms with van der Waals surface area (Å²) in [6.45, 7) is 2.98. The number of nitrogens with one attached hydrogen (secondary N) is 2. The smallest absolute Gasteiger partial charge is 0.328 e. The summed E-state index contributed by atoms with van der Waals surface area (Å²) in [6.07, 6.45) is 7.64. The highest BCUT2D eigenvalue weighted by atomic mass is 16.5. The summed E-state index contributed by atoms with van der Waals surface area (Å²) in [5.74, 6) is 3.11. The third-order valence-corrected chi connectivity index (χ3v) is 5.54. The summed E-state index contributed by atoms with van der Waals surface area (Å²) < 4.78 is 5.03. The zero-order chi connectivity index (χ0) is 25.4. The Labute approximate surface area is 204 Å². The average Bonchev–Trinajstić information content (AvgIpc) is 2.85. The first kappa shape index (κ1) is 25.6. The number of nitrogens with zero attached hydrogens (tertiary/aromatic N) is 5. The Kier molecular flexibility index (Phi) is 8.72. The Balaban J connectivity index is 1.71. The number of piperazine rings is 1. The quantitative estimate of drug-likeness (QED) is 0.314. The van der Waals surface area contributed by atoms with Crippen LogP contribution in [0.15, 0.2) is 24.4 Å². The summed E-state index contributed by atoms with van der Waals surface area (Å²) in [6, 6.07) is 4.48. The minimum absolute atomic E-state index is 0.00407. The van der Waals surface area contributed by atoms with Gasteiger partial charge in [-0.15, -0.1) is 6.42 Å². The van der Waals surface area contributed by atoms with Crippen molar-refractivity contribution in [2.75, 3.05) is 69.5 Å². The summed E-state index contributed by atoms with van der Waals surface area (Å²) in [4.78, 5) is 50.2. The van der Waals surface area contributed by atoms with E-state index in [9.17, 15) is 14.4 Å². The number of anilines is 3. The molecule has 0 aliphatic carbocycles. The maximum Gasteiger partial charge on any atom is 0.328 e. The minimum Gasteiger partial charge on any atom is -0.383 e. The minimum atomic E-state index is -0.500. The van der Waals surface area contributed by atoms with Crippen molar-refractivity contribution < 1.29 is 19.1 Å². The lowest BCUT2D eigenvalue weighted by atomic mass is 10.1. The number of likely N-dealkylation sites (N-methyl/N-ethyl adjacent to an activating group) is 1. The van der Waals surface area contributed by atoms with E-state index < -0.39 is 6.03 Å². The molecule has 0 aromatic carbocycles. The Hall–Kier alpha value is -4.01. The number of ether oxygens (including phenoxy) is 1. The Morgan fingerprint density at radius 3 is 2.86 bits per heavy atom. The van der Waals surface area contributed by atoms with E-state index in [0.29, 0.717) is 55.2 Å². The zero-order valence-corrected chi connectivity index (χ0v) is 20.1. The van der Waals surface area contributed by atoms with Gasteiger partial charge in [-0.05, 0) is 13.1 Å². The molecule has 3 amide bonds. The van der Waals surface area contributed by atoms with Crippen LogP contribution in [0.1, 0.15) is 21.6 Å². The molecular weight excluding hydrogens is 450 g/mol. The van der Waals surface area contributed by atoms with Gasteiger partial charge in [0, 0.05) is 58.2 Å². The van der Waals surface area contributed by atoms with Crippen molar-refractivity contribution in [3.63, 3.8) is 0 Å².